The van der Waals surface area contributed by atoms with Crippen LogP contribution in [0, 0.1) is 5.92 Å². The molecule has 10 heteroatoms. The Kier molecular flexibility index (Phi) is 6.58. The van der Waals surface area contributed by atoms with Crippen molar-refractivity contribution >= 4 is 34.6 Å². The SMILES string of the molecule is COc1ccc2c(c1)C(=O)N(C[C@@]1(c3cc4ccc(C(=O)NCC5CCN(C)CC5)cc4o3)CC(=O)NC1=O)C2. The van der Waals surface area contributed by atoms with Crippen LogP contribution < -0.4 is 15.4 Å². The van der Waals surface area contributed by atoms with Crippen molar-refractivity contribution in [2.75, 3.05) is 40.3 Å². The zero-order valence-corrected chi connectivity index (χ0v) is 22.6. The van der Waals surface area contributed by atoms with E-state index in [-0.39, 0.29) is 30.5 Å². The van der Waals surface area contributed by atoms with Crippen molar-refractivity contribution < 1.29 is 28.3 Å². The Hall–Kier alpha value is -4.18. The fraction of sp³-hybridized carbons (Fsp3) is 0.400. The molecule has 4 amide bonds. The van der Waals surface area contributed by atoms with E-state index in [1.54, 1.807) is 41.3 Å². The highest BCUT2D eigenvalue weighted by molar-refractivity contribution is 6.10. The van der Waals surface area contributed by atoms with E-state index in [1.807, 2.05) is 6.07 Å². The van der Waals surface area contributed by atoms with Crippen LogP contribution >= 0.6 is 0 Å². The number of hydrogen-bond donors (Lipinski definition) is 2. The van der Waals surface area contributed by atoms with Gasteiger partial charge in [0.25, 0.3) is 11.8 Å². The molecule has 4 heterocycles. The van der Waals surface area contributed by atoms with E-state index >= 15 is 0 Å². The second kappa shape index (κ2) is 10.1. The van der Waals surface area contributed by atoms with Gasteiger partial charge < -0.3 is 24.3 Å². The number of piperidine rings is 1. The minimum absolute atomic E-state index is 0.0237. The molecule has 0 spiro atoms. The van der Waals surface area contributed by atoms with E-state index in [0.717, 1.165) is 31.5 Å². The first-order valence-electron chi connectivity index (χ1n) is 13.6. The average molecular weight is 545 g/mol. The Morgan fingerprint density at radius 1 is 1.12 bits per heavy atom. The minimum Gasteiger partial charge on any atom is -0.497 e. The van der Waals surface area contributed by atoms with Gasteiger partial charge in [0.15, 0.2) is 0 Å². The molecule has 0 aliphatic carbocycles. The van der Waals surface area contributed by atoms with Gasteiger partial charge in [-0.25, -0.2) is 0 Å². The summed E-state index contributed by atoms with van der Waals surface area (Å²) in [6, 6.07) is 12.2. The van der Waals surface area contributed by atoms with Crippen LogP contribution in [0.25, 0.3) is 11.0 Å². The van der Waals surface area contributed by atoms with Crippen LogP contribution in [0.5, 0.6) is 5.75 Å². The lowest BCUT2D eigenvalue weighted by Gasteiger charge is -2.28. The number of carbonyl (C=O) groups is 4. The third kappa shape index (κ3) is 4.62. The van der Waals surface area contributed by atoms with Gasteiger partial charge in [0.2, 0.25) is 11.8 Å². The van der Waals surface area contributed by atoms with Crippen LogP contribution in [-0.4, -0.2) is 73.8 Å². The highest BCUT2D eigenvalue weighted by Crippen LogP contribution is 2.39. The predicted molar refractivity (Wildman–Crippen MR) is 146 cm³/mol. The zero-order chi connectivity index (χ0) is 28.0. The molecule has 0 radical (unpaired) electrons. The number of imide groups is 1. The van der Waals surface area contributed by atoms with Gasteiger partial charge in [0, 0.05) is 36.1 Å². The standard InChI is InChI=1S/C30H32N4O6/c1-33-9-7-18(8-10-33)15-31-27(36)20-4-3-19-12-25(40-24(19)11-20)30(14-26(35)32-29(30)38)17-34-16-21-5-6-22(39-2)13-23(21)28(34)37/h3-6,11-13,18H,7-10,14-17H2,1-2H3,(H,31,36)(H,32,35,38)/t30-/m1/s1. The summed E-state index contributed by atoms with van der Waals surface area (Å²) in [5.41, 5.74) is 0.857. The lowest BCUT2D eigenvalue weighted by atomic mass is 9.82. The summed E-state index contributed by atoms with van der Waals surface area (Å²) in [6.07, 6.45) is 1.97. The first-order valence-corrected chi connectivity index (χ1v) is 13.6. The average Bonchev–Trinajstić information content (AvgIpc) is 3.61. The van der Waals surface area contributed by atoms with E-state index < -0.39 is 17.2 Å². The Bertz CT molecular complexity index is 1520. The number of methoxy groups -OCH3 is 1. The second-order valence-corrected chi connectivity index (χ2v) is 11.1. The fourth-order valence-electron chi connectivity index (χ4n) is 5.98. The largest absolute Gasteiger partial charge is 0.497 e. The summed E-state index contributed by atoms with van der Waals surface area (Å²) in [4.78, 5) is 55.7. The maximum Gasteiger partial charge on any atom is 0.254 e. The number of nitrogens with one attached hydrogen (secondary N) is 2. The van der Waals surface area contributed by atoms with Crippen molar-refractivity contribution in [3.63, 3.8) is 0 Å². The molecule has 0 bridgehead atoms. The van der Waals surface area contributed by atoms with E-state index in [9.17, 15) is 19.2 Å². The molecule has 3 aromatic rings. The number of fused-ring (bicyclic) bond motifs is 2. The van der Waals surface area contributed by atoms with Gasteiger partial charge >= 0.3 is 0 Å². The molecule has 0 unspecified atom stereocenters. The molecule has 3 aliphatic rings. The van der Waals surface area contributed by atoms with Gasteiger partial charge in [-0.1, -0.05) is 12.1 Å². The third-order valence-electron chi connectivity index (χ3n) is 8.45. The summed E-state index contributed by atoms with van der Waals surface area (Å²) >= 11 is 0. The van der Waals surface area contributed by atoms with Crippen LogP contribution in [-0.2, 0) is 21.5 Å². The van der Waals surface area contributed by atoms with Gasteiger partial charge in [0.1, 0.15) is 22.5 Å². The summed E-state index contributed by atoms with van der Waals surface area (Å²) in [5.74, 6) is -0.0348. The van der Waals surface area contributed by atoms with Gasteiger partial charge in [-0.2, -0.15) is 0 Å². The maximum absolute atomic E-state index is 13.3. The molecule has 208 valence electrons. The number of hydrogen-bond acceptors (Lipinski definition) is 7. The molecule has 10 nitrogen and oxygen atoms in total. The first-order chi connectivity index (χ1) is 19.3. The molecule has 2 aromatic carbocycles. The van der Waals surface area contributed by atoms with Crippen molar-refractivity contribution in [2.24, 2.45) is 5.92 Å². The van der Waals surface area contributed by atoms with E-state index in [0.29, 0.717) is 46.9 Å². The molecule has 2 saturated heterocycles. The summed E-state index contributed by atoms with van der Waals surface area (Å²) in [5, 5.41) is 6.14. The van der Waals surface area contributed by atoms with Crippen molar-refractivity contribution in [3.05, 3.63) is 64.9 Å². The number of carbonyl (C=O) groups excluding carboxylic acids is 4. The molecule has 6 rings (SSSR count). The van der Waals surface area contributed by atoms with Crippen molar-refractivity contribution in [3.8, 4) is 5.75 Å². The smallest absolute Gasteiger partial charge is 0.254 e. The Morgan fingerprint density at radius 3 is 2.65 bits per heavy atom. The number of ether oxygens (including phenoxy) is 1. The third-order valence-corrected chi connectivity index (χ3v) is 8.45. The number of amides is 4. The van der Waals surface area contributed by atoms with Crippen molar-refractivity contribution in [1.29, 1.82) is 0 Å². The highest BCUT2D eigenvalue weighted by atomic mass is 16.5. The lowest BCUT2D eigenvalue weighted by Crippen LogP contribution is -2.46. The zero-order valence-electron chi connectivity index (χ0n) is 22.6. The number of nitrogens with zero attached hydrogens (tertiary/aromatic N) is 2. The van der Waals surface area contributed by atoms with E-state index in [4.69, 9.17) is 9.15 Å². The molecule has 1 atom stereocenters. The minimum atomic E-state index is -1.38. The molecule has 1 aromatic heterocycles. The molecule has 3 aliphatic heterocycles. The van der Waals surface area contributed by atoms with Crippen LogP contribution in [0.15, 0.2) is 46.9 Å². The maximum atomic E-state index is 13.3. The Morgan fingerprint density at radius 2 is 1.93 bits per heavy atom. The normalized spacial score (nSPS) is 21.6. The van der Waals surface area contributed by atoms with Gasteiger partial charge in [-0.15, -0.1) is 0 Å². The molecule has 2 N–H and O–H groups in total. The predicted octanol–water partition coefficient (Wildman–Crippen LogP) is 2.45. The topological polar surface area (TPSA) is 121 Å². The van der Waals surface area contributed by atoms with Crippen LogP contribution in [0.3, 0.4) is 0 Å². The summed E-state index contributed by atoms with van der Waals surface area (Å²) in [7, 11) is 3.64. The summed E-state index contributed by atoms with van der Waals surface area (Å²) in [6.45, 7) is 2.97. The van der Waals surface area contributed by atoms with Crippen LogP contribution in [0.4, 0.5) is 0 Å². The van der Waals surface area contributed by atoms with E-state index in [1.165, 1.54) is 7.11 Å². The molecular formula is C30H32N4O6. The Balaban J connectivity index is 1.24. The molecule has 0 saturated carbocycles. The number of furan rings is 1. The van der Waals surface area contributed by atoms with Crippen LogP contribution in [0.2, 0.25) is 0 Å². The fourth-order valence-corrected chi connectivity index (χ4v) is 5.98. The van der Waals surface area contributed by atoms with Crippen molar-refractivity contribution in [2.45, 2.75) is 31.2 Å². The van der Waals surface area contributed by atoms with E-state index in [2.05, 4.69) is 22.6 Å². The summed E-state index contributed by atoms with van der Waals surface area (Å²) < 4.78 is 11.4. The second-order valence-electron chi connectivity index (χ2n) is 11.1. The monoisotopic (exact) mass is 544 g/mol. The van der Waals surface area contributed by atoms with Gasteiger partial charge in [-0.3, -0.25) is 24.5 Å². The first kappa shape index (κ1) is 26.1. The highest BCUT2D eigenvalue weighted by Gasteiger charge is 2.53. The molecular weight excluding hydrogens is 512 g/mol. The number of likely N-dealkylation sites (tertiary alicyclic amines) is 1. The number of rotatable bonds is 7. The van der Waals surface area contributed by atoms with Crippen molar-refractivity contribution in [1.82, 2.24) is 20.4 Å². The molecule has 40 heavy (non-hydrogen) atoms. The van der Waals surface area contributed by atoms with Crippen LogP contribution in [0.1, 0.15) is 51.3 Å². The number of benzene rings is 2. The molecule has 2 fully saturated rings. The Labute approximate surface area is 231 Å². The van der Waals surface area contributed by atoms with Gasteiger partial charge in [-0.05, 0) is 74.8 Å². The quantitative estimate of drug-likeness (QED) is 0.439. The lowest BCUT2D eigenvalue weighted by molar-refractivity contribution is -0.127. The van der Waals surface area contributed by atoms with Gasteiger partial charge in [0.05, 0.1) is 13.5 Å².